The van der Waals surface area contributed by atoms with Crippen LogP contribution < -0.4 is 15.2 Å². The molecule has 0 spiro atoms. The third-order valence-electron chi connectivity index (χ3n) is 7.81. The molecule has 0 aliphatic heterocycles. The second kappa shape index (κ2) is 11.7. The molecule has 0 bridgehead atoms. The summed E-state index contributed by atoms with van der Waals surface area (Å²) in [7, 11) is 0. The number of allylic oxidation sites excluding steroid dienone is 3. The van der Waals surface area contributed by atoms with Gasteiger partial charge >= 0.3 is 24.5 Å². The van der Waals surface area contributed by atoms with Gasteiger partial charge in [0.05, 0.1) is 16.7 Å². The van der Waals surface area contributed by atoms with E-state index >= 15 is 26.3 Å². The quantitative estimate of drug-likeness (QED) is 0.163. The van der Waals surface area contributed by atoms with Crippen LogP contribution in [-0.4, -0.2) is 6.36 Å². The highest BCUT2D eigenvalue weighted by Crippen LogP contribution is 2.45. The number of ether oxygens (including phenoxy) is 1. The molecular weight excluding hydrogens is 651 g/mol. The molecular formula is C34H15F9N4O. The molecule has 0 saturated carbocycles. The summed E-state index contributed by atoms with van der Waals surface area (Å²) < 4.78 is 134. The lowest BCUT2D eigenvalue weighted by atomic mass is 9.90. The minimum atomic E-state index is -5.37. The summed E-state index contributed by atoms with van der Waals surface area (Å²) in [6.07, 6.45) is -17.7. The van der Waals surface area contributed by atoms with E-state index in [0.717, 1.165) is 24.3 Å². The summed E-state index contributed by atoms with van der Waals surface area (Å²) >= 11 is 0. The van der Waals surface area contributed by atoms with Crippen molar-refractivity contribution in [3.05, 3.63) is 143 Å². The zero-order chi connectivity index (χ0) is 35.3. The highest BCUT2D eigenvalue weighted by molar-refractivity contribution is 5.90. The Labute approximate surface area is 265 Å². The lowest BCUT2D eigenvalue weighted by molar-refractivity contribution is -0.274. The van der Waals surface area contributed by atoms with Crippen LogP contribution in [0.15, 0.2) is 71.1 Å². The van der Waals surface area contributed by atoms with Crippen LogP contribution >= 0.6 is 0 Å². The minimum Gasteiger partial charge on any atom is -0.406 e. The van der Waals surface area contributed by atoms with Crippen molar-refractivity contribution in [3.63, 3.8) is 0 Å². The molecule has 240 valence electrons. The van der Waals surface area contributed by atoms with Gasteiger partial charge in [-0.2, -0.15) is 46.6 Å². The molecule has 0 atom stereocenters. The number of nitrogens with zero attached hydrogens (tertiary/aromatic N) is 4. The first-order valence-corrected chi connectivity index (χ1v) is 13.5. The monoisotopic (exact) mass is 666 g/mol. The molecule has 5 rings (SSSR count). The van der Waals surface area contributed by atoms with Crippen molar-refractivity contribution in [2.24, 2.45) is 0 Å². The number of alkyl halides is 9. The number of fused-ring (bicyclic) bond motifs is 2. The van der Waals surface area contributed by atoms with Crippen LogP contribution in [0.25, 0.3) is 20.8 Å². The molecule has 3 aromatic carbocycles. The normalized spacial score (nSPS) is 14.0. The van der Waals surface area contributed by atoms with Crippen molar-refractivity contribution in [2.45, 2.75) is 38.5 Å². The fraction of sp³-hybridized carbons (Fsp3) is 0.176. The summed E-state index contributed by atoms with van der Waals surface area (Å²) in [4.78, 5) is 6.19. The summed E-state index contributed by atoms with van der Waals surface area (Å²) in [5, 5.41) is 17.5. The Balaban J connectivity index is 2.11. The second-order valence-corrected chi connectivity index (χ2v) is 10.6. The molecule has 2 aliphatic rings. The van der Waals surface area contributed by atoms with Crippen molar-refractivity contribution >= 4 is 11.1 Å². The van der Waals surface area contributed by atoms with E-state index in [4.69, 9.17) is 13.1 Å². The van der Waals surface area contributed by atoms with Gasteiger partial charge in [0, 0.05) is 6.42 Å². The maximum absolute atomic E-state index is 15.3. The number of aryl methyl sites for hydroxylation is 1. The maximum atomic E-state index is 15.3. The van der Waals surface area contributed by atoms with Gasteiger partial charge in [0.15, 0.2) is 0 Å². The van der Waals surface area contributed by atoms with Crippen molar-refractivity contribution in [1.29, 1.82) is 10.5 Å². The fourth-order valence-corrected chi connectivity index (χ4v) is 6.12. The Hall–Kier alpha value is -5.99. The minimum absolute atomic E-state index is 0.0192. The Kier molecular flexibility index (Phi) is 8.11. The molecule has 0 fully saturated rings. The highest BCUT2D eigenvalue weighted by atomic mass is 19.4. The Morgan fingerprint density at radius 2 is 1.10 bits per heavy atom. The average molecular weight is 667 g/mol. The Morgan fingerprint density at radius 3 is 1.50 bits per heavy atom. The van der Waals surface area contributed by atoms with E-state index in [0.29, 0.717) is 5.56 Å². The second-order valence-electron chi connectivity index (χ2n) is 10.6. The van der Waals surface area contributed by atoms with Crippen molar-refractivity contribution < 1.29 is 44.3 Å². The molecule has 14 heteroatoms. The van der Waals surface area contributed by atoms with Crippen molar-refractivity contribution in [1.82, 2.24) is 0 Å². The van der Waals surface area contributed by atoms with Crippen LogP contribution in [0.2, 0.25) is 0 Å². The van der Waals surface area contributed by atoms with Crippen LogP contribution in [0.5, 0.6) is 5.75 Å². The standard InChI is InChI=1S/C34H15F9N4O/c1-16-4-6-17(7-5-16)26-24(31(46-2)47-3)13-23-28(26)29(32(35,36)37)22-12-21(19(14-44)15-45)25(27(22)30(23)33(38,39)40)18-8-10-20(11-9-18)48-34(41,42)43/h4-11H,12-13H2,1H3. The van der Waals surface area contributed by atoms with E-state index in [-0.39, 0.29) is 22.3 Å². The summed E-state index contributed by atoms with van der Waals surface area (Å²) in [5.74, 6) is -1.51. The first-order chi connectivity index (χ1) is 22.4. The number of hydrogen-bond acceptors (Lipinski definition) is 3. The number of nitriles is 2. The Bertz CT molecular complexity index is 2210. The molecule has 0 amide bonds. The van der Waals surface area contributed by atoms with E-state index in [9.17, 15) is 23.7 Å². The third kappa shape index (κ3) is 5.74. The fourth-order valence-electron chi connectivity index (χ4n) is 6.12. The summed E-state index contributed by atoms with van der Waals surface area (Å²) in [6.45, 7) is 16.6. The van der Waals surface area contributed by atoms with E-state index in [1.165, 1.54) is 36.4 Å². The van der Waals surface area contributed by atoms with Gasteiger partial charge < -0.3 is 4.74 Å². The van der Waals surface area contributed by atoms with Crippen LogP contribution in [0.1, 0.15) is 38.9 Å². The zero-order valence-electron chi connectivity index (χ0n) is 24.1. The van der Waals surface area contributed by atoms with Crippen LogP contribution in [0.3, 0.4) is 0 Å². The number of benzene rings is 3. The number of rotatable bonds is 3. The number of hydrogen-bond donors (Lipinski definition) is 0. The smallest absolute Gasteiger partial charge is 0.406 e. The zero-order valence-corrected chi connectivity index (χ0v) is 24.1. The van der Waals surface area contributed by atoms with Crippen LogP contribution in [0.4, 0.5) is 39.5 Å². The SMILES string of the molecule is [C-]#[N+]C([N+]#[C-])=C1Cc2c(C(F)(F)F)c3c(c(C(F)(F)F)c2=C1c1ccc(C)cc1)CC(=C(C#N)C#N)C=3c1ccc(OC(F)(F)F)cc1. The highest BCUT2D eigenvalue weighted by Gasteiger charge is 2.48. The van der Waals surface area contributed by atoms with Gasteiger partial charge in [-0.15, -0.1) is 13.2 Å². The van der Waals surface area contributed by atoms with Crippen LogP contribution in [0, 0.1) is 42.7 Å². The summed E-state index contributed by atoms with van der Waals surface area (Å²) in [6, 6.07) is 12.0. The molecule has 0 unspecified atom stereocenters. The van der Waals surface area contributed by atoms with Gasteiger partial charge in [0.1, 0.15) is 36.6 Å². The molecule has 5 nitrogen and oxygen atoms in total. The van der Waals surface area contributed by atoms with Crippen molar-refractivity contribution in [2.75, 3.05) is 0 Å². The van der Waals surface area contributed by atoms with Gasteiger partial charge in [-0.3, -0.25) is 0 Å². The molecule has 48 heavy (non-hydrogen) atoms. The molecule has 0 saturated heterocycles. The molecule has 2 aliphatic carbocycles. The van der Waals surface area contributed by atoms with Gasteiger partial charge in [-0.1, -0.05) is 42.0 Å². The van der Waals surface area contributed by atoms with Crippen LogP contribution in [-0.2, 0) is 25.2 Å². The predicted octanol–water partition coefficient (Wildman–Crippen LogP) is 7.84. The van der Waals surface area contributed by atoms with Gasteiger partial charge in [-0.05, 0) is 74.9 Å². The van der Waals surface area contributed by atoms with Gasteiger partial charge in [0.2, 0.25) is 0 Å². The molecule has 0 radical (unpaired) electrons. The van der Waals surface area contributed by atoms with Gasteiger partial charge in [-0.25, -0.2) is 0 Å². The first-order valence-electron chi connectivity index (χ1n) is 13.5. The third-order valence-corrected chi connectivity index (χ3v) is 7.81. The average Bonchev–Trinajstić information content (AvgIpc) is 3.55. The van der Waals surface area contributed by atoms with E-state index in [2.05, 4.69) is 14.4 Å². The lowest BCUT2D eigenvalue weighted by Gasteiger charge is -2.19. The molecule has 3 aromatic rings. The maximum Gasteiger partial charge on any atom is 0.573 e. The van der Waals surface area contributed by atoms with E-state index in [1.54, 1.807) is 6.92 Å². The van der Waals surface area contributed by atoms with E-state index < -0.39 is 92.5 Å². The number of halogens is 9. The summed E-state index contributed by atoms with van der Waals surface area (Å²) in [5.41, 5.74) is -7.13. The van der Waals surface area contributed by atoms with E-state index in [1.807, 2.05) is 0 Å². The Morgan fingerprint density at radius 1 is 0.688 bits per heavy atom. The molecule has 0 heterocycles. The topological polar surface area (TPSA) is 65.5 Å². The largest absolute Gasteiger partial charge is 0.573 e. The predicted molar refractivity (Wildman–Crippen MR) is 151 cm³/mol. The van der Waals surface area contributed by atoms with Gasteiger partial charge in [0.25, 0.3) is 0 Å². The lowest BCUT2D eigenvalue weighted by Crippen LogP contribution is -2.36. The van der Waals surface area contributed by atoms with Crippen molar-refractivity contribution in [3.8, 4) is 17.9 Å². The molecule has 0 N–H and O–H groups in total. The molecule has 0 aromatic heterocycles. The first kappa shape index (κ1) is 33.4.